The van der Waals surface area contributed by atoms with Crippen LogP contribution in [-0.2, 0) is 11.1 Å². The van der Waals surface area contributed by atoms with E-state index in [0.717, 1.165) is 6.42 Å². The highest BCUT2D eigenvalue weighted by atomic mass is 32.2. The molecule has 3 heteroatoms. The Hall–Kier alpha value is -0.410. The molecular formula is C8H12O2S. The van der Waals surface area contributed by atoms with E-state index < -0.39 is 11.1 Å². The van der Waals surface area contributed by atoms with E-state index in [1.165, 1.54) is 0 Å². The molecule has 62 valence electrons. The van der Waals surface area contributed by atoms with Crippen LogP contribution >= 0.6 is 0 Å². The molecule has 1 unspecified atom stereocenters. The molecule has 0 fully saturated rings. The first-order chi connectivity index (χ1) is 5.01. The van der Waals surface area contributed by atoms with Gasteiger partial charge in [0.25, 0.3) is 0 Å². The van der Waals surface area contributed by atoms with Crippen molar-refractivity contribution in [2.45, 2.75) is 20.3 Å². The lowest BCUT2D eigenvalue weighted by molar-refractivity contribution is 0.482. The standard InChI is InChI=1S/C8H12O2S/c1-8(2)5-3-7(4-6-8)11(9)10/h3-5H,6H2,1-2H3,(H,9,10). The molecule has 0 aromatic carbocycles. The van der Waals surface area contributed by atoms with Gasteiger partial charge in [-0.15, -0.1) is 0 Å². The zero-order valence-electron chi connectivity index (χ0n) is 6.70. The summed E-state index contributed by atoms with van der Waals surface area (Å²) < 4.78 is 19.3. The average Bonchev–Trinajstić information content (AvgIpc) is 1.86. The van der Waals surface area contributed by atoms with Crippen molar-refractivity contribution in [3.05, 3.63) is 23.1 Å². The van der Waals surface area contributed by atoms with Gasteiger partial charge in [0.15, 0.2) is 11.1 Å². The van der Waals surface area contributed by atoms with Crippen LogP contribution in [-0.4, -0.2) is 8.76 Å². The summed E-state index contributed by atoms with van der Waals surface area (Å²) in [5.74, 6) is 0. The Kier molecular flexibility index (Phi) is 2.30. The van der Waals surface area contributed by atoms with Crippen molar-refractivity contribution in [3.8, 4) is 0 Å². The Morgan fingerprint density at radius 2 is 2.27 bits per heavy atom. The summed E-state index contributed by atoms with van der Waals surface area (Å²) in [6, 6.07) is 0. The molecule has 0 bridgehead atoms. The predicted octanol–water partition coefficient (Wildman–Crippen LogP) is 2.08. The van der Waals surface area contributed by atoms with Crippen LogP contribution in [0.4, 0.5) is 0 Å². The van der Waals surface area contributed by atoms with Gasteiger partial charge >= 0.3 is 0 Å². The third kappa shape index (κ3) is 2.27. The zero-order valence-corrected chi connectivity index (χ0v) is 7.52. The largest absolute Gasteiger partial charge is 0.302 e. The minimum atomic E-state index is -1.81. The van der Waals surface area contributed by atoms with E-state index in [9.17, 15) is 4.21 Å². The van der Waals surface area contributed by atoms with Gasteiger partial charge in [-0.1, -0.05) is 26.0 Å². The summed E-state index contributed by atoms with van der Waals surface area (Å²) in [6.45, 7) is 4.19. The van der Waals surface area contributed by atoms with Gasteiger partial charge in [0.05, 0.1) is 4.91 Å². The van der Waals surface area contributed by atoms with Crippen molar-refractivity contribution in [3.63, 3.8) is 0 Å². The van der Waals surface area contributed by atoms with E-state index in [4.69, 9.17) is 4.55 Å². The van der Waals surface area contributed by atoms with Crippen molar-refractivity contribution in [1.82, 2.24) is 0 Å². The minimum Gasteiger partial charge on any atom is -0.302 e. The van der Waals surface area contributed by atoms with Crippen LogP contribution in [0.25, 0.3) is 0 Å². The topological polar surface area (TPSA) is 37.3 Å². The first-order valence-corrected chi connectivity index (χ1v) is 4.62. The monoisotopic (exact) mass is 172 g/mol. The second kappa shape index (κ2) is 2.91. The van der Waals surface area contributed by atoms with Crippen LogP contribution in [0.3, 0.4) is 0 Å². The Balaban J connectivity index is 2.75. The lowest BCUT2D eigenvalue weighted by Gasteiger charge is -2.21. The summed E-state index contributed by atoms with van der Waals surface area (Å²) in [5.41, 5.74) is 0.142. The van der Waals surface area contributed by atoms with Crippen molar-refractivity contribution in [2.24, 2.45) is 5.41 Å². The summed E-state index contributed by atoms with van der Waals surface area (Å²) in [5, 5.41) is 0. The summed E-state index contributed by atoms with van der Waals surface area (Å²) >= 11 is -1.81. The molecule has 0 heterocycles. The van der Waals surface area contributed by atoms with E-state index in [1.807, 2.05) is 12.2 Å². The molecule has 1 N–H and O–H groups in total. The van der Waals surface area contributed by atoms with Crippen molar-refractivity contribution >= 4 is 11.1 Å². The van der Waals surface area contributed by atoms with Crippen molar-refractivity contribution in [2.75, 3.05) is 0 Å². The fourth-order valence-corrected chi connectivity index (χ4v) is 1.35. The third-order valence-electron chi connectivity index (χ3n) is 1.73. The molecule has 1 aliphatic rings. The van der Waals surface area contributed by atoms with Crippen LogP contribution in [0.2, 0.25) is 0 Å². The Morgan fingerprint density at radius 3 is 2.64 bits per heavy atom. The lowest BCUT2D eigenvalue weighted by atomic mass is 9.86. The van der Waals surface area contributed by atoms with E-state index in [-0.39, 0.29) is 5.41 Å². The quantitative estimate of drug-likeness (QED) is 0.615. The SMILES string of the molecule is CC1(C)C=CC(S(=O)O)=CC1. The number of hydrogen-bond donors (Lipinski definition) is 1. The molecule has 0 aromatic rings. The van der Waals surface area contributed by atoms with Gasteiger partial charge in [-0.2, -0.15) is 0 Å². The molecule has 1 atom stereocenters. The van der Waals surface area contributed by atoms with Crippen LogP contribution in [0.1, 0.15) is 20.3 Å². The van der Waals surface area contributed by atoms with Gasteiger partial charge in [-0.3, -0.25) is 0 Å². The molecule has 1 aliphatic carbocycles. The van der Waals surface area contributed by atoms with E-state index in [1.54, 1.807) is 6.08 Å². The molecule has 0 spiro atoms. The van der Waals surface area contributed by atoms with Gasteiger partial charge in [-0.25, -0.2) is 4.21 Å². The maximum Gasteiger partial charge on any atom is 0.186 e. The summed E-state index contributed by atoms with van der Waals surface area (Å²) in [7, 11) is 0. The van der Waals surface area contributed by atoms with E-state index in [2.05, 4.69) is 13.8 Å². The summed E-state index contributed by atoms with van der Waals surface area (Å²) in [4.78, 5) is 0.518. The van der Waals surface area contributed by atoms with Gasteiger partial charge in [-0.05, 0) is 17.9 Å². The maximum atomic E-state index is 10.6. The first-order valence-electron chi connectivity index (χ1n) is 3.51. The zero-order chi connectivity index (χ0) is 8.48. The highest BCUT2D eigenvalue weighted by Gasteiger charge is 2.17. The molecule has 2 nitrogen and oxygen atoms in total. The molecule has 0 saturated heterocycles. The average molecular weight is 172 g/mol. The number of allylic oxidation sites excluding steroid dienone is 3. The highest BCUT2D eigenvalue weighted by Crippen LogP contribution is 2.28. The van der Waals surface area contributed by atoms with Crippen LogP contribution in [0.5, 0.6) is 0 Å². The molecular weight excluding hydrogens is 160 g/mol. The molecule has 11 heavy (non-hydrogen) atoms. The number of hydrogen-bond acceptors (Lipinski definition) is 1. The molecule has 0 amide bonds. The maximum absolute atomic E-state index is 10.6. The van der Waals surface area contributed by atoms with Gasteiger partial charge in [0.2, 0.25) is 0 Å². The van der Waals surface area contributed by atoms with Gasteiger partial charge < -0.3 is 4.55 Å². The van der Waals surface area contributed by atoms with Crippen molar-refractivity contribution in [1.29, 1.82) is 0 Å². The predicted molar refractivity (Wildman–Crippen MR) is 46.4 cm³/mol. The minimum absolute atomic E-state index is 0.142. The van der Waals surface area contributed by atoms with Crippen LogP contribution in [0.15, 0.2) is 23.1 Å². The highest BCUT2D eigenvalue weighted by molar-refractivity contribution is 7.83. The first kappa shape index (κ1) is 8.68. The summed E-state index contributed by atoms with van der Waals surface area (Å²) in [6.07, 6.45) is 6.34. The van der Waals surface area contributed by atoms with Gasteiger partial charge in [0, 0.05) is 0 Å². The Bertz CT molecular complexity index is 238. The normalized spacial score (nSPS) is 24.5. The molecule has 0 aromatic heterocycles. The number of rotatable bonds is 1. The second-order valence-corrected chi connectivity index (χ2v) is 4.35. The third-order valence-corrected chi connectivity index (χ3v) is 2.44. The lowest BCUT2D eigenvalue weighted by Crippen LogP contribution is -2.10. The van der Waals surface area contributed by atoms with Crippen molar-refractivity contribution < 1.29 is 8.76 Å². The van der Waals surface area contributed by atoms with Crippen LogP contribution in [0, 0.1) is 5.41 Å². The van der Waals surface area contributed by atoms with Gasteiger partial charge in [0.1, 0.15) is 0 Å². The molecule has 0 aliphatic heterocycles. The smallest absolute Gasteiger partial charge is 0.186 e. The second-order valence-electron chi connectivity index (χ2n) is 3.38. The molecule has 1 rings (SSSR count). The van der Waals surface area contributed by atoms with E-state index >= 15 is 0 Å². The molecule has 0 saturated carbocycles. The fraction of sp³-hybridized carbons (Fsp3) is 0.500. The fourth-order valence-electron chi connectivity index (χ4n) is 0.937. The van der Waals surface area contributed by atoms with E-state index in [0.29, 0.717) is 4.91 Å². The van der Waals surface area contributed by atoms with Crippen LogP contribution < -0.4 is 0 Å². The Morgan fingerprint density at radius 1 is 1.64 bits per heavy atom. The molecule has 0 radical (unpaired) electrons. The Labute approximate surface area is 69.3 Å².